The van der Waals surface area contributed by atoms with Crippen LogP contribution >= 0.6 is 0 Å². The number of ether oxygens (including phenoxy) is 2. The summed E-state index contributed by atoms with van der Waals surface area (Å²) in [6, 6.07) is 8.95. The summed E-state index contributed by atoms with van der Waals surface area (Å²) >= 11 is 0. The molecule has 0 unspecified atom stereocenters. The minimum Gasteiger partial charge on any atom is -0.495 e. The van der Waals surface area contributed by atoms with E-state index in [1.807, 2.05) is 19.1 Å². The smallest absolute Gasteiger partial charge is 0.339 e. The minimum atomic E-state index is -0.373. The van der Waals surface area contributed by atoms with Gasteiger partial charge in [0.15, 0.2) is 0 Å². The van der Waals surface area contributed by atoms with Crippen LogP contribution < -0.4 is 10.1 Å². The minimum absolute atomic E-state index is 0.106. The summed E-state index contributed by atoms with van der Waals surface area (Å²) in [6.07, 6.45) is 0. The predicted molar refractivity (Wildman–Crippen MR) is 91.5 cm³/mol. The molecule has 2 aromatic rings. The third kappa shape index (κ3) is 3.76. The summed E-state index contributed by atoms with van der Waals surface area (Å²) in [5, 5.41) is 2.83. The van der Waals surface area contributed by atoms with E-state index in [2.05, 4.69) is 5.32 Å². The van der Waals surface area contributed by atoms with Gasteiger partial charge < -0.3 is 19.4 Å². The second-order valence-electron chi connectivity index (χ2n) is 5.34. The molecule has 0 spiro atoms. The van der Waals surface area contributed by atoms with Gasteiger partial charge in [-0.15, -0.1) is 0 Å². The summed E-state index contributed by atoms with van der Waals surface area (Å²) < 4.78 is 12.1. The number of carbonyl (C=O) groups is 2. The van der Waals surface area contributed by atoms with E-state index >= 15 is 0 Å². The first-order chi connectivity index (χ1) is 11.5. The van der Waals surface area contributed by atoms with Crippen LogP contribution in [0.15, 0.2) is 30.3 Å². The van der Waals surface area contributed by atoms with Gasteiger partial charge in [-0.1, -0.05) is 12.1 Å². The second-order valence-corrected chi connectivity index (χ2v) is 5.34. The molecule has 0 aliphatic rings. The standard InChI is InChI=1S/C18H22N2O4/c1-5-24-18(22)14-10-12(2)20(13(14)3)11-17(21)19-15-8-6-7-9-16(15)23-4/h6-10H,5,11H2,1-4H3,(H,19,21). The topological polar surface area (TPSA) is 69.6 Å². The number of para-hydroxylation sites is 2. The molecule has 128 valence electrons. The molecule has 0 saturated carbocycles. The van der Waals surface area contributed by atoms with Gasteiger partial charge in [0.1, 0.15) is 12.3 Å². The van der Waals surface area contributed by atoms with Crippen LogP contribution in [0.25, 0.3) is 0 Å². The summed E-state index contributed by atoms with van der Waals surface area (Å²) in [7, 11) is 1.55. The van der Waals surface area contributed by atoms with Crippen molar-refractivity contribution in [1.82, 2.24) is 4.57 Å². The van der Waals surface area contributed by atoms with Gasteiger partial charge in [-0.2, -0.15) is 0 Å². The van der Waals surface area contributed by atoms with Gasteiger partial charge >= 0.3 is 5.97 Å². The first-order valence-electron chi connectivity index (χ1n) is 7.74. The fraction of sp³-hybridized carbons (Fsp3) is 0.333. The van der Waals surface area contributed by atoms with Gasteiger partial charge in [0, 0.05) is 11.4 Å². The maximum atomic E-state index is 12.4. The number of hydrogen-bond acceptors (Lipinski definition) is 4. The number of carbonyl (C=O) groups excluding carboxylic acids is 2. The molecule has 0 aliphatic carbocycles. The molecule has 2 rings (SSSR count). The Morgan fingerprint density at radius 1 is 1.21 bits per heavy atom. The number of anilines is 1. The van der Waals surface area contributed by atoms with Crippen molar-refractivity contribution >= 4 is 17.6 Å². The van der Waals surface area contributed by atoms with E-state index in [1.165, 1.54) is 0 Å². The third-order valence-electron chi connectivity index (χ3n) is 3.75. The normalized spacial score (nSPS) is 10.3. The summed E-state index contributed by atoms with van der Waals surface area (Å²) in [6.45, 7) is 5.84. The highest BCUT2D eigenvalue weighted by atomic mass is 16.5. The van der Waals surface area contributed by atoms with Crippen molar-refractivity contribution in [3.63, 3.8) is 0 Å². The second kappa shape index (κ2) is 7.68. The highest BCUT2D eigenvalue weighted by Gasteiger charge is 2.18. The molecule has 1 heterocycles. The lowest BCUT2D eigenvalue weighted by molar-refractivity contribution is -0.116. The first-order valence-corrected chi connectivity index (χ1v) is 7.74. The van der Waals surface area contributed by atoms with E-state index in [1.54, 1.807) is 43.7 Å². The number of esters is 1. The Hall–Kier alpha value is -2.76. The van der Waals surface area contributed by atoms with Crippen molar-refractivity contribution in [3.05, 3.63) is 47.3 Å². The highest BCUT2D eigenvalue weighted by molar-refractivity contribution is 5.93. The molecule has 1 amide bonds. The third-order valence-corrected chi connectivity index (χ3v) is 3.75. The molecule has 0 bridgehead atoms. The van der Waals surface area contributed by atoms with Crippen molar-refractivity contribution in [1.29, 1.82) is 0 Å². The number of amides is 1. The Balaban J connectivity index is 2.16. The Morgan fingerprint density at radius 2 is 1.92 bits per heavy atom. The Bertz CT molecular complexity index is 749. The van der Waals surface area contributed by atoms with E-state index in [0.717, 1.165) is 5.69 Å². The molecule has 1 aromatic heterocycles. The van der Waals surface area contributed by atoms with Crippen LogP contribution in [0.2, 0.25) is 0 Å². The average molecular weight is 330 g/mol. The van der Waals surface area contributed by atoms with Crippen LogP contribution in [0.1, 0.15) is 28.7 Å². The predicted octanol–water partition coefficient (Wildman–Crippen LogP) is 2.93. The number of aromatic nitrogens is 1. The van der Waals surface area contributed by atoms with Crippen molar-refractivity contribution in [2.75, 3.05) is 19.0 Å². The number of rotatable bonds is 6. The van der Waals surface area contributed by atoms with Crippen LogP contribution in [0.3, 0.4) is 0 Å². The van der Waals surface area contributed by atoms with Crippen molar-refractivity contribution in [2.45, 2.75) is 27.3 Å². The highest BCUT2D eigenvalue weighted by Crippen LogP contribution is 2.23. The quantitative estimate of drug-likeness (QED) is 0.827. The van der Waals surface area contributed by atoms with Crippen molar-refractivity contribution in [3.8, 4) is 5.75 Å². The summed E-state index contributed by atoms with van der Waals surface area (Å²) in [5.74, 6) is 0.0257. The number of nitrogens with zero attached hydrogens (tertiary/aromatic N) is 1. The maximum Gasteiger partial charge on any atom is 0.339 e. The fourth-order valence-electron chi connectivity index (χ4n) is 2.54. The number of benzene rings is 1. The maximum absolute atomic E-state index is 12.4. The number of methoxy groups -OCH3 is 1. The molecule has 0 fully saturated rings. The zero-order chi connectivity index (χ0) is 17.7. The Kier molecular flexibility index (Phi) is 5.63. The number of hydrogen-bond donors (Lipinski definition) is 1. The summed E-state index contributed by atoms with van der Waals surface area (Å²) in [5.41, 5.74) is 2.63. The van der Waals surface area contributed by atoms with E-state index in [9.17, 15) is 9.59 Å². The lowest BCUT2D eigenvalue weighted by Crippen LogP contribution is -2.20. The van der Waals surface area contributed by atoms with Gasteiger partial charge in [0.2, 0.25) is 5.91 Å². The van der Waals surface area contributed by atoms with Crippen LogP contribution in [-0.4, -0.2) is 30.2 Å². The lowest BCUT2D eigenvalue weighted by Gasteiger charge is -2.12. The van der Waals surface area contributed by atoms with Gasteiger partial charge in [-0.05, 0) is 39.0 Å². The SMILES string of the molecule is CCOC(=O)c1cc(C)n(CC(=O)Nc2ccccc2OC)c1C. The zero-order valence-corrected chi connectivity index (χ0v) is 14.4. The average Bonchev–Trinajstić information content (AvgIpc) is 2.84. The van der Waals surface area contributed by atoms with Crippen LogP contribution in [0.4, 0.5) is 5.69 Å². The molecule has 1 N–H and O–H groups in total. The monoisotopic (exact) mass is 330 g/mol. The number of aryl methyl sites for hydroxylation is 1. The Labute approximate surface area is 141 Å². The molecule has 0 saturated heterocycles. The van der Waals surface area contributed by atoms with Gasteiger partial charge in [-0.3, -0.25) is 4.79 Å². The van der Waals surface area contributed by atoms with E-state index in [0.29, 0.717) is 29.3 Å². The largest absolute Gasteiger partial charge is 0.495 e. The van der Waals surface area contributed by atoms with E-state index < -0.39 is 0 Å². The van der Waals surface area contributed by atoms with Crippen LogP contribution in [-0.2, 0) is 16.1 Å². The molecule has 0 radical (unpaired) electrons. The van der Waals surface area contributed by atoms with Crippen molar-refractivity contribution in [2.24, 2.45) is 0 Å². The lowest BCUT2D eigenvalue weighted by atomic mass is 10.2. The molecular formula is C18H22N2O4. The molecule has 0 atom stereocenters. The molecule has 6 nitrogen and oxygen atoms in total. The summed E-state index contributed by atoms with van der Waals surface area (Å²) in [4.78, 5) is 24.3. The zero-order valence-electron chi connectivity index (χ0n) is 14.4. The van der Waals surface area contributed by atoms with Crippen molar-refractivity contribution < 1.29 is 19.1 Å². The molecule has 6 heteroatoms. The van der Waals surface area contributed by atoms with Crippen LogP contribution in [0.5, 0.6) is 5.75 Å². The van der Waals surface area contributed by atoms with Gasteiger partial charge in [0.05, 0.1) is 25.0 Å². The van der Waals surface area contributed by atoms with Gasteiger partial charge in [0.25, 0.3) is 0 Å². The Morgan fingerprint density at radius 3 is 2.58 bits per heavy atom. The van der Waals surface area contributed by atoms with Crippen LogP contribution in [0, 0.1) is 13.8 Å². The van der Waals surface area contributed by atoms with E-state index in [-0.39, 0.29) is 18.4 Å². The molecular weight excluding hydrogens is 308 g/mol. The molecule has 0 aliphatic heterocycles. The first kappa shape index (κ1) is 17.6. The molecule has 1 aromatic carbocycles. The fourth-order valence-corrected chi connectivity index (χ4v) is 2.54. The number of nitrogens with one attached hydrogen (secondary N) is 1. The van der Waals surface area contributed by atoms with E-state index in [4.69, 9.17) is 9.47 Å². The van der Waals surface area contributed by atoms with Gasteiger partial charge in [-0.25, -0.2) is 4.79 Å². The molecule has 24 heavy (non-hydrogen) atoms.